The smallest absolute Gasteiger partial charge is 0.224 e. The number of anilines is 2. The van der Waals surface area contributed by atoms with Crippen molar-refractivity contribution < 1.29 is 14.3 Å². The summed E-state index contributed by atoms with van der Waals surface area (Å²) in [6.45, 7) is 0.750. The fourth-order valence-electron chi connectivity index (χ4n) is 1.60. The van der Waals surface area contributed by atoms with Crippen LogP contribution in [-0.2, 0) is 9.53 Å². The highest BCUT2D eigenvalue weighted by Gasteiger charge is 2.07. The van der Waals surface area contributed by atoms with Gasteiger partial charge in [-0.2, -0.15) is 11.8 Å². The van der Waals surface area contributed by atoms with Crippen LogP contribution in [0.1, 0.15) is 12.8 Å². The number of rotatable bonds is 9. The zero-order valence-electron chi connectivity index (χ0n) is 12.0. The molecule has 0 fully saturated rings. The number of methoxy groups -OCH3 is 2. The molecule has 6 heteroatoms. The van der Waals surface area contributed by atoms with Crippen LogP contribution in [0.15, 0.2) is 18.2 Å². The number of nitrogens with two attached hydrogens (primary N) is 1. The molecule has 0 bridgehead atoms. The number of ether oxygens (including phenoxy) is 2. The molecule has 0 saturated heterocycles. The lowest BCUT2D eigenvalue weighted by Crippen LogP contribution is -2.12. The molecule has 0 saturated carbocycles. The van der Waals surface area contributed by atoms with Gasteiger partial charge in [0, 0.05) is 31.0 Å². The number of hydrogen-bond acceptors (Lipinski definition) is 5. The summed E-state index contributed by atoms with van der Waals surface area (Å²) in [5, 5.41) is 2.84. The van der Waals surface area contributed by atoms with Gasteiger partial charge in [-0.05, 0) is 24.3 Å². The van der Waals surface area contributed by atoms with Crippen molar-refractivity contribution in [2.45, 2.75) is 12.8 Å². The number of nitrogen functional groups attached to an aromatic ring is 1. The normalized spacial score (nSPS) is 10.3. The molecule has 0 aliphatic rings. The van der Waals surface area contributed by atoms with Crippen molar-refractivity contribution in [3.63, 3.8) is 0 Å². The maximum atomic E-state index is 11.8. The first kappa shape index (κ1) is 16.7. The van der Waals surface area contributed by atoms with Crippen LogP contribution < -0.4 is 15.8 Å². The van der Waals surface area contributed by atoms with E-state index in [4.69, 9.17) is 15.2 Å². The molecule has 1 aromatic carbocycles. The molecule has 1 aromatic rings. The lowest BCUT2D eigenvalue weighted by Gasteiger charge is -2.10. The van der Waals surface area contributed by atoms with Crippen molar-refractivity contribution in [3.8, 4) is 5.75 Å². The van der Waals surface area contributed by atoms with E-state index in [0.29, 0.717) is 23.5 Å². The third kappa shape index (κ3) is 6.16. The molecule has 0 aliphatic heterocycles. The third-order valence-corrected chi connectivity index (χ3v) is 3.66. The van der Waals surface area contributed by atoms with E-state index >= 15 is 0 Å². The molecular weight excluding hydrogens is 276 g/mol. The van der Waals surface area contributed by atoms with E-state index in [1.807, 2.05) is 0 Å². The van der Waals surface area contributed by atoms with Crippen molar-refractivity contribution >= 4 is 29.0 Å². The predicted molar refractivity (Wildman–Crippen MR) is 84.5 cm³/mol. The highest BCUT2D eigenvalue weighted by Crippen LogP contribution is 2.26. The van der Waals surface area contributed by atoms with Crippen LogP contribution in [0.3, 0.4) is 0 Å². The van der Waals surface area contributed by atoms with Gasteiger partial charge in [0.15, 0.2) is 0 Å². The van der Waals surface area contributed by atoms with E-state index in [0.717, 1.165) is 24.5 Å². The molecule has 20 heavy (non-hydrogen) atoms. The Hall–Kier alpha value is -1.40. The molecular formula is C14H22N2O3S. The van der Waals surface area contributed by atoms with Crippen molar-refractivity contribution in [3.05, 3.63) is 18.2 Å². The van der Waals surface area contributed by atoms with E-state index in [1.165, 1.54) is 0 Å². The summed E-state index contributed by atoms with van der Waals surface area (Å²) >= 11 is 1.79. The first-order valence-corrected chi connectivity index (χ1v) is 7.63. The first-order chi connectivity index (χ1) is 9.67. The Labute approximate surface area is 124 Å². The number of nitrogens with one attached hydrogen (secondary N) is 1. The van der Waals surface area contributed by atoms with Crippen LogP contribution in [0, 0.1) is 0 Å². The van der Waals surface area contributed by atoms with Crippen LogP contribution in [0.5, 0.6) is 5.75 Å². The van der Waals surface area contributed by atoms with Gasteiger partial charge in [0.05, 0.1) is 19.4 Å². The second-order valence-electron chi connectivity index (χ2n) is 4.22. The topological polar surface area (TPSA) is 73.6 Å². The standard InChI is InChI=1S/C14H22N2O3S/c1-18-7-9-20-8-3-4-14(17)16-12-6-5-11(15)10-13(12)19-2/h5-6,10H,3-4,7-9,15H2,1-2H3,(H,16,17). The van der Waals surface area contributed by atoms with Gasteiger partial charge < -0.3 is 20.5 Å². The van der Waals surface area contributed by atoms with Gasteiger partial charge in [0.25, 0.3) is 0 Å². The van der Waals surface area contributed by atoms with E-state index in [9.17, 15) is 4.79 Å². The Morgan fingerprint density at radius 1 is 1.35 bits per heavy atom. The van der Waals surface area contributed by atoms with Gasteiger partial charge in [-0.1, -0.05) is 0 Å². The molecule has 0 unspecified atom stereocenters. The lowest BCUT2D eigenvalue weighted by molar-refractivity contribution is -0.116. The average molecular weight is 298 g/mol. The number of carbonyl (C=O) groups is 1. The van der Waals surface area contributed by atoms with Crippen molar-refractivity contribution in [1.29, 1.82) is 0 Å². The third-order valence-electron chi connectivity index (χ3n) is 2.62. The molecule has 112 valence electrons. The summed E-state index contributed by atoms with van der Waals surface area (Å²) in [4.78, 5) is 11.8. The molecule has 1 amide bonds. The molecule has 5 nitrogen and oxygen atoms in total. The molecule has 1 rings (SSSR count). The Morgan fingerprint density at radius 3 is 2.85 bits per heavy atom. The van der Waals surface area contributed by atoms with Crippen LogP contribution in [0.2, 0.25) is 0 Å². The number of amides is 1. The highest BCUT2D eigenvalue weighted by molar-refractivity contribution is 7.99. The Balaban J connectivity index is 2.32. The van der Waals surface area contributed by atoms with Gasteiger partial charge in [-0.15, -0.1) is 0 Å². The zero-order valence-corrected chi connectivity index (χ0v) is 12.8. The average Bonchev–Trinajstić information content (AvgIpc) is 2.44. The first-order valence-electron chi connectivity index (χ1n) is 6.47. The summed E-state index contributed by atoms with van der Waals surface area (Å²) in [5.41, 5.74) is 6.92. The van der Waals surface area contributed by atoms with E-state index in [-0.39, 0.29) is 5.91 Å². The summed E-state index contributed by atoms with van der Waals surface area (Å²) in [6.07, 6.45) is 1.34. The van der Waals surface area contributed by atoms with Gasteiger partial charge in [-0.25, -0.2) is 0 Å². The van der Waals surface area contributed by atoms with E-state index in [1.54, 1.807) is 44.2 Å². The Bertz CT molecular complexity index is 427. The summed E-state index contributed by atoms with van der Waals surface area (Å²) in [6, 6.07) is 5.17. The van der Waals surface area contributed by atoms with E-state index in [2.05, 4.69) is 5.32 Å². The molecule has 0 spiro atoms. The SMILES string of the molecule is COCCSCCCC(=O)Nc1ccc(N)cc1OC. The molecule has 3 N–H and O–H groups in total. The molecule has 0 aliphatic carbocycles. The van der Waals surface area contributed by atoms with Crippen molar-refractivity contribution in [2.75, 3.05) is 43.4 Å². The predicted octanol–water partition coefficient (Wildman–Crippen LogP) is 2.38. The monoisotopic (exact) mass is 298 g/mol. The van der Waals surface area contributed by atoms with Gasteiger partial charge in [-0.3, -0.25) is 4.79 Å². The molecule has 0 heterocycles. The fourth-order valence-corrected chi connectivity index (χ4v) is 2.44. The van der Waals surface area contributed by atoms with Gasteiger partial charge in [0.1, 0.15) is 5.75 Å². The zero-order chi connectivity index (χ0) is 14.8. The second kappa shape index (κ2) is 9.50. The van der Waals surface area contributed by atoms with Crippen LogP contribution >= 0.6 is 11.8 Å². The number of thioether (sulfide) groups is 1. The summed E-state index contributed by atoms with van der Waals surface area (Å²) in [7, 11) is 3.24. The minimum Gasteiger partial charge on any atom is -0.494 e. The number of benzene rings is 1. The van der Waals surface area contributed by atoms with Crippen molar-refractivity contribution in [1.82, 2.24) is 0 Å². The minimum atomic E-state index is -0.0135. The highest BCUT2D eigenvalue weighted by atomic mass is 32.2. The minimum absolute atomic E-state index is 0.0135. The molecule has 0 atom stereocenters. The Morgan fingerprint density at radius 2 is 2.15 bits per heavy atom. The summed E-state index contributed by atoms with van der Waals surface area (Å²) in [5.74, 6) is 2.48. The van der Waals surface area contributed by atoms with E-state index < -0.39 is 0 Å². The summed E-state index contributed by atoms with van der Waals surface area (Å²) < 4.78 is 10.1. The molecule has 0 aromatic heterocycles. The van der Waals surface area contributed by atoms with Crippen LogP contribution in [0.25, 0.3) is 0 Å². The fraction of sp³-hybridized carbons (Fsp3) is 0.500. The maximum absolute atomic E-state index is 11.8. The molecule has 0 radical (unpaired) electrons. The van der Waals surface area contributed by atoms with Gasteiger partial charge in [0.2, 0.25) is 5.91 Å². The maximum Gasteiger partial charge on any atom is 0.224 e. The number of carbonyl (C=O) groups excluding carboxylic acids is 1. The number of hydrogen-bond donors (Lipinski definition) is 2. The van der Waals surface area contributed by atoms with Crippen LogP contribution in [0.4, 0.5) is 11.4 Å². The van der Waals surface area contributed by atoms with Crippen molar-refractivity contribution in [2.24, 2.45) is 0 Å². The van der Waals surface area contributed by atoms with Gasteiger partial charge >= 0.3 is 0 Å². The lowest BCUT2D eigenvalue weighted by atomic mass is 10.2. The quantitative estimate of drug-likeness (QED) is 0.541. The second-order valence-corrected chi connectivity index (χ2v) is 5.44. The van der Waals surface area contributed by atoms with Crippen LogP contribution in [-0.4, -0.2) is 38.2 Å². The largest absolute Gasteiger partial charge is 0.494 e. The Kier molecular flexibility index (Phi) is 7.91.